The van der Waals surface area contributed by atoms with Crippen LogP contribution in [0.3, 0.4) is 0 Å². The van der Waals surface area contributed by atoms with Crippen LogP contribution in [0.5, 0.6) is 0 Å². The molecule has 1 unspecified atom stereocenters. The van der Waals surface area contributed by atoms with E-state index in [4.69, 9.17) is 10.3 Å². The standard InChI is InChI=1S/C4H12N2O3S.Na.H/c1-4(6-3-2-5)10(7,8)9;;/h4,6H,2-3,5H2,1H3,(H,7,8,9);;/q;+1;-1. The third-order valence-electron chi connectivity index (χ3n) is 1.02. The van der Waals surface area contributed by atoms with Crippen LogP contribution in [0.4, 0.5) is 0 Å². The number of hydrogen-bond donors (Lipinski definition) is 3. The van der Waals surface area contributed by atoms with Crippen LogP contribution in [0.15, 0.2) is 0 Å². The molecule has 0 aromatic rings. The summed E-state index contributed by atoms with van der Waals surface area (Å²) in [6.07, 6.45) is 0. The summed E-state index contributed by atoms with van der Waals surface area (Å²) >= 11 is 0. The van der Waals surface area contributed by atoms with Crippen LogP contribution in [0.1, 0.15) is 8.35 Å². The number of nitrogens with two attached hydrogens (primary N) is 1. The molecule has 1 atom stereocenters. The van der Waals surface area contributed by atoms with Gasteiger partial charge in [-0.15, -0.1) is 0 Å². The van der Waals surface area contributed by atoms with Crippen LogP contribution in [0.2, 0.25) is 0 Å². The summed E-state index contributed by atoms with van der Waals surface area (Å²) in [5.41, 5.74) is 5.08. The van der Waals surface area contributed by atoms with E-state index in [1.165, 1.54) is 6.92 Å². The van der Waals surface area contributed by atoms with Gasteiger partial charge in [0, 0.05) is 13.1 Å². The fraction of sp³-hybridized carbons (Fsp3) is 1.00. The largest absolute Gasteiger partial charge is 1.00 e. The first kappa shape index (κ1) is 14.4. The van der Waals surface area contributed by atoms with E-state index in [2.05, 4.69) is 5.32 Å². The Morgan fingerprint density at radius 2 is 2.18 bits per heavy atom. The van der Waals surface area contributed by atoms with Crippen molar-refractivity contribution in [3.63, 3.8) is 0 Å². The van der Waals surface area contributed by atoms with E-state index in [1.54, 1.807) is 0 Å². The SMILES string of the molecule is CC(NCCN)S(=O)(=O)O.[H-].[Na+]. The maximum absolute atomic E-state index is 10.3. The number of hydrogen-bond acceptors (Lipinski definition) is 4. The second kappa shape index (κ2) is 6.36. The Hall–Kier alpha value is 0.830. The molecule has 64 valence electrons. The predicted molar refractivity (Wildman–Crippen MR) is 39.2 cm³/mol. The van der Waals surface area contributed by atoms with Crippen LogP contribution in [0, 0.1) is 0 Å². The fourth-order valence-electron chi connectivity index (χ4n) is 0.392. The summed E-state index contributed by atoms with van der Waals surface area (Å²) < 4.78 is 29.0. The van der Waals surface area contributed by atoms with Gasteiger partial charge in [-0.05, 0) is 6.92 Å². The normalized spacial score (nSPS) is 13.7. The van der Waals surface area contributed by atoms with Crippen molar-refractivity contribution in [3.05, 3.63) is 0 Å². The molecular formula is C4H13N2NaO3S. The molecule has 0 aliphatic carbocycles. The van der Waals surface area contributed by atoms with Crippen molar-refractivity contribution in [2.24, 2.45) is 5.73 Å². The van der Waals surface area contributed by atoms with E-state index in [0.717, 1.165) is 0 Å². The van der Waals surface area contributed by atoms with Crippen LogP contribution < -0.4 is 40.6 Å². The first-order valence-corrected chi connectivity index (χ1v) is 4.38. The Bertz CT molecular complexity index is 187. The Balaban J connectivity index is -0.000000405. The van der Waals surface area contributed by atoms with E-state index >= 15 is 0 Å². The molecule has 0 saturated heterocycles. The maximum Gasteiger partial charge on any atom is 1.00 e. The molecule has 0 radical (unpaired) electrons. The van der Waals surface area contributed by atoms with Crippen LogP contribution in [-0.2, 0) is 10.1 Å². The van der Waals surface area contributed by atoms with Crippen LogP contribution in [0.25, 0.3) is 0 Å². The summed E-state index contributed by atoms with van der Waals surface area (Å²) in [6.45, 7) is 2.08. The fourth-order valence-corrected chi connectivity index (χ4v) is 0.720. The molecule has 0 bridgehead atoms. The van der Waals surface area contributed by atoms with Gasteiger partial charge in [0.25, 0.3) is 10.1 Å². The Kier molecular flexibility index (Phi) is 8.30. The summed E-state index contributed by atoms with van der Waals surface area (Å²) in [7, 11) is -3.94. The minimum absolute atomic E-state index is 0. The summed E-state index contributed by atoms with van der Waals surface area (Å²) in [5, 5.41) is 1.58. The maximum atomic E-state index is 10.3. The van der Waals surface area contributed by atoms with Gasteiger partial charge in [0.15, 0.2) is 0 Å². The topological polar surface area (TPSA) is 92.4 Å². The average Bonchev–Trinajstić information content (AvgIpc) is 1.80. The van der Waals surface area contributed by atoms with Crippen molar-refractivity contribution < 1.29 is 44.0 Å². The van der Waals surface area contributed by atoms with E-state index < -0.39 is 15.5 Å². The zero-order chi connectivity index (χ0) is 8.20. The molecule has 0 aliphatic heterocycles. The van der Waals surface area contributed by atoms with E-state index in [1.807, 2.05) is 0 Å². The van der Waals surface area contributed by atoms with Gasteiger partial charge >= 0.3 is 29.6 Å². The Morgan fingerprint density at radius 1 is 1.73 bits per heavy atom. The van der Waals surface area contributed by atoms with Gasteiger partial charge in [0.1, 0.15) is 5.37 Å². The molecule has 0 spiro atoms. The molecule has 0 aliphatic rings. The van der Waals surface area contributed by atoms with E-state index in [-0.39, 0.29) is 31.0 Å². The molecule has 11 heavy (non-hydrogen) atoms. The second-order valence-corrected chi connectivity index (χ2v) is 3.64. The molecule has 4 N–H and O–H groups in total. The molecule has 0 fully saturated rings. The van der Waals surface area contributed by atoms with Crippen molar-refractivity contribution in [2.75, 3.05) is 13.1 Å². The molecule has 0 aromatic carbocycles. The quantitative estimate of drug-likeness (QED) is 0.311. The minimum atomic E-state index is -3.94. The van der Waals surface area contributed by atoms with Crippen molar-refractivity contribution in [1.29, 1.82) is 0 Å². The third-order valence-corrected chi connectivity index (χ3v) is 2.08. The average molecular weight is 192 g/mol. The van der Waals surface area contributed by atoms with Gasteiger partial charge in [-0.1, -0.05) is 0 Å². The Morgan fingerprint density at radius 3 is 2.45 bits per heavy atom. The van der Waals surface area contributed by atoms with Crippen molar-refractivity contribution >= 4 is 10.1 Å². The first-order chi connectivity index (χ1) is 4.48. The monoisotopic (exact) mass is 192 g/mol. The minimum Gasteiger partial charge on any atom is -1.00 e. The predicted octanol–water partition coefficient (Wildman–Crippen LogP) is -4.11. The van der Waals surface area contributed by atoms with Crippen molar-refractivity contribution in [1.82, 2.24) is 5.32 Å². The second-order valence-electron chi connectivity index (χ2n) is 1.90. The van der Waals surface area contributed by atoms with Gasteiger partial charge in [0.2, 0.25) is 0 Å². The van der Waals surface area contributed by atoms with Crippen LogP contribution >= 0.6 is 0 Å². The number of nitrogens with one attached hydrogen (secondary N) is 1. The van der Waals surface area contributed by atoms with Crippen molar-refractivity contribution in [3.8, 4) is 0 Å². The third kappa shape index (κ3) is 7.20. The molecule has 0 heterocycles. The van der Waals surface area contributed by atoms with Crippen molar-refractivity contribution in [2.45, 2.75) is 12.3 Å². The Labute approximate surface area is 90.3 Å². The molecule has 5 nitrogen and oxygen atoms in total. The summed E-state index contributed by atoms with van der Waals surface area (Å²) in [5.74, 6) is 0. The van der Waals surface area contributed by atoms with Gasteiger partial charge < -0.3 is 7.16 Å². The van der Waals surface area contributed by atoms with Gasteiger partial charge in [-0.2, -0.15) is 8.42 Å². The molecule has 0 rings (SSSR count). The zero-order valence-corrected chi connectivity index (χ0v) is 9.56. The molecule has 0 aromatic heterocycles. The molecule has 7 heteroatoms. The smallest absolute Gasteiger partial charge is 1.00 e. The molecule has 0 saturated carbocycles. The van der Waals surface area contributed by atoms with Gasteiger partial charge in [0.05, 0.1) is 0 Å². The summed E-state index contributed by atoms with van der Waals surface area (Å²) in [6, 6.07) is 0. The summed E-state index contributed by atoms with van der Waals surface area (Å²) in [4.78, 5) is 0. The van der Waals surface area contributed by atoms with Crippen LogP contribution in [-0.4, -0.2) is 31.4 Å². The van der Waals surface area contributed by atoms with E-state index in [9.17, 15) is 8.42 Å². The number of rotatable bonds is 4. The van der Waals surface area contributed by atoms with E-state index in [0.29, 0.717) is 13.1 Å². The molecular weight excluding hydrogens is 179 g/mol. The molecule has 0 amide bonds. The first-order valence-electron chi connectivity index (χ1n) is 2.88. The van der Waals surface area contributed by atoms with Gasteiger partial charge in [-0.25, -0.2) is 0 Å². The zero-order valence-electron chi connectivity index (χ0n) is 7.74. The van der Waals surface area contributed by atoms with Gasteiger partial charge in [-0.3, -0.25) is 9.87 Å².